The fourth-order valence-corrected chi connectivity index (χ4v) is 2.17. The maximum atomic E-state index is 11.5. The van der Waals surface area contributed by atoms with E-state index in [1.165, 1.54) is 12.1 Å². The minimum absolute atomic E-state index is 0.0370. The minimum atomic E-state index is -0.888. The van der Waals surface area contributed by atoms with Crippen molar-refractivity contribution in [3.05, 3.63) is 67.8 Å². The summed E-state index contributed by atoms with van der Waals surface area (Å²) < 4.78 is 19.1. The van der Waals surface area contributed by atoms with Crippen molar-refractivity contribution in [1.82, 2.24) is 0 Å². The SMILES string of the molecule is COC(=O)c1ccc(O[B]Oc2ccc(C(=O)OC)c([N+](=O)[O-])c2)cc1[N+](=O)[O-]. The van der Waals surface area contributed by atoms with E-state index in [-0.39, 0.29) is 22.6 Å². The van der Waals surface area contributed by atoms with Gasteiger partial charge in [0.05, 0.1) is 36.2 Å². The van der Waals surface area contributed by atoms with E-state index in [4.69, 9.17) is 9.31 Å². The molecule has 1 radical (unpaired) electrons. The largest absolute Gasteiger partial charge is 0.658 e. The van der Waals surface area contributed by atoms with E-state index < -0.39 is 33.2 Å². The Bertz CT molecular complexity index is 901. The number of esters is 2. The number of benzene rings is 2. The molecule has 149 valence electrons. The fourth-order valence-electron chi connectivity index (χ4n) is 2.17. The molecule has 0 amide bonds. The molecule has 0 fully saturated rings. The zero-order chi connectivity index (χ0) is 21.6. The molecule has 0 bridgehead atoms. The normalized spacial score (nSPS) is 9.86. The molecule has 2 aromatic rings. The summed E-state index contributed by atoms with van der Waals surface area (Å²) in [4.78, 5) is 43.7. The third-order valence-electron chi connectivity index (χ3n) is 3.51. The highest BCUT2D eigenvalue weighted by molar-refractivity contribution is 6.20. The number of nitro groups is 2. The Morgan fingerprint density at radius 2 is 1.17 bits per heavy atom. The first-order valence-electron chi connectivity index (χ1n) is 7.67. The first kappa shape index (κ1) is 21.1. The fraction of sp³-hybridized carbons (Fsp3) is 0.125. The molecule has 2 aromatic carbocycles. The lowest BCUT2D eigenvalue weighted by atomic mass is 10.1. The van der Waals surface area contributed by atoms with Crippen LogP contribution in [0.15, 0.2) is 36.4 Å². The molecule has 0 atom stereocenters. The van der Waals surface area contributed by atoms with E-state index in [0.29, 0.717) is 0 Å². The van der Waals surface area contributed by atoms with E-state index in [2.05, 4.69) is 9.47 Å². The summed E-state index contributed by atoms with van der Waals surface area (Å²) in [6.45, 7) is 0. The lowest BCUT2D eigenvalue weighted by Crippen LogP contribution is -2.13. The number of hydrogen-bond donors (Lipinski definition) is 0. The van der Waals surface area contributed by atoms with Gasteiger partial charge in [0.15, 0.2) is 0 Å². The molecule has 29 heavy (non-hydrogen) atoms. The van der Waals surface area contributed by atoms with Crippen LogP contribution in [0.4, 0.5) is 11.4 Å². The van der Waals surface area contributed by atoms with Crippen molar-refractivity contribution in [3.63, 3.8) is 0 Å². The van der Waals surface area contributed by atoms with Gasteiger partial charge in [-0.1, -0.05) is 0 Å². The average molecular weight is 403 g/mol. The van der Waals surface area contributed by atoms with Gasteiger partial charge in [0.25, 0.3) is 11.4 Å². The van der Waals surface area contributed by atoms with Crippen LogP contribution in [-0.2, 0) is 9.47 Å². The van der Waals surface area contributed by atoms with Crippen molar-refractivity contribution < 1.29 is 38.2 Å². The van der Waals surface area contributed by atoms with E-state index in [9.17, 15) is 29.8 Å². The monoisotopic (exact) mass is 403 g/mol. The van der Waals surface area contributed by atoms with E-state index in [1.807, 2.05) is 0 Å². The van der Waals surface area contributed by atoms with Gasteiger partial charge < -0.3 is 18.8 Å². The van der Waals surface area contributed by atoms with Crippen molar-refractivity contribution in [2.45, 2.75) is 0 Å². The van der Waals surface area contributed by atoms with Crippen molar-refractivity contribution in [3.8, 4) is 11.5 Å². The molecule has 0 aromatic heterocycles. The van der Waals surface area contributed by atoms with E-state index in [0.717, 1.165) is 46.2 Å². The van der Waals surface area contributed by atoms with Crippen LogP contribution >= 0.6 is 0 Å². The maximum Gasteiger partial charge on any atom is 0.658 e. The third kappa shape index (κ3) is 4.97. The molecule has 0 saturated heterocycles. The van der Waals surface area contributed by atoms with Crippen LogP contribution in [-0.4, -0.2) is 43.7 Å². The smallest absolute Gasteiger partial charge is 0.526 e. The number of nitro benzene ring substituents is 2. The van der Waals surface area contributed by atoms with Gasteiger partial charge in [0, 0.05) is 0 Å². The van der Waals surface area contributed by atoms with Gasteiger partial charge in [-0.05, 0) is 24.3 Å². The Labute approximate surface area is 163 Å². The second-order valence-electron chi connectivity index (χ2n) is 5.19. The molecule has 2 rings (SSSR count). The van der Waals surface area contributed by atoms with Crippen molar-refractivity contribution in [1.29, 1.82) is 0 Å². The van der Waals surface area contributed by atoms with Gasteiger partial charge in [0.1, 0.15) is 22.6 Å². The highest BCUT2D eigenvalue weighted by atomic mass is 16.6. The molecule has 13 heteroatoms. The van der Waals surface area contributed by atoms with Crippen molar-refractivity contribution in [2.24, 2.45) is 0 Å². The van der Waals surface area contributed by atoms with Gasteiger partial charge in [0.2, 0.25) is 0 Å². The quantitative estimate of drug-likeness (QED) is 0.276. The minimum Gasteiger partial charge on any atom is -0.526 e. The number of methoxy groups -OCH3 is 2. The molecule has 0 spiro atoms. The van der Waals surface area contributed by atoms with Crippen LogP contribution in [0, 0.1) is 20.2 Å². The topological polar surface area (TPSA) is 157 Å². The van der Waals surface area contributed by atoms with Crippen molar-refractivity contribution >= 4 is 31.0 Å². The molecular weight excluding hydrogens is 391 g/mol. The number of nitrogens with zero attached hydrogens (tertiary/aromatic N) is 2. The molecule has 0 aliphatic rings. The number of ether oxygens (including phenoxy) is 2. The van der Waals surface area contributed by atoms with Crippen LogP contribution in [0.2, 0.25) is 0 Å². The zero-order valence-corrected chi connectivity index (χ0v) is 15.0. The van der Waals surface area contributed by atoms with E-state index >= 15 is 0 Å². The Kier molecular flexibility index (Phi) is 6.69. The standard InChI is InChI=1S/C16H12BN2O10/c1-26-15(20)11-5-3-9(7-13(11)18(22)23)28-17-29-10-4-6-12(16(21)27-2)14(8-10)19(24)25/h3-8H,1-2H3. The average Bonchev–Trinajstić information content (AvgIpc) is 2.72. The molecule has 0 N–H and O–H groups in total. The van der Waals surface area contributed by atoms with Crippen LogP contribution in [0.1, 0.15) is 20.7 Å². The van der Waals surface area contributed by atoms with Gasteiger partial charge in [-0.3, -0.25) is 20.2 Å². The predicted octanol–water partition coefficient (Wildman–Crippen LogP) is 2.07. The summed E-state index contributed by atoms with van der Waals surface area (Å²) >= 11 is 0. The summed E-state index contributed by atoms with van der Waals surface area (Å²) in [5.74, 6) is -1.85. The van der Waals surface area contributed by atoms with Gasteiger partial charge in [-0.15, -0.1) is 0 Å². The molecule has 0 aliphatic heterocycles. The molecule has 12 nitrogen and oxygen atoms in total. The first-order valence-corrected chi connectivity index (χ1v) is 7.67. The summed E-state index contributed by atoms with van der Waals surface area (Å²) in [5, 5.41) is 22.2. The highest BCUT2D eigenvalue weighted by Crippen LogP contribution is 2.27. The molecule has 0 heterocycles. The number of carbonyl (C=O) groups is 2. The van der Waals surface area contributed by atoms with Gasteiger partial charge in [-0.25, -0.2) is 9.59 Å². The van der Waals surface area contributed by atoms with E-state index in [1.54, 1.807) is 0 Å². The van der Waals surface area contributed by atoms with Crippen LogP contribution in [0.3, 0.4) is 0 Å². The maximum absolute atomic E-state index is 11.5. The summed E-state index contributed by atoms with van der Waals surface area (Å²) in [6, 6.07) is 6.78. The third-order valence-corrected chi connectivity index (χ3v) is 3.51. The van der Waals surface area contributed by atoms with Gasteiger partial charge in [-0.2, -0.15) is 0 Å². The Morgan fingerprint density at radius 1 is 0.793 bits per heavy atom. The summed E-state index contributed by atoms with van der Waals surface area (Å²) in [5.41, 5.74) is -1.61. The Morgan fingerprint density at radius 3 is 1.48 bits per heavy atom. The highest BCUT2D eigenvalue weighted by Gasteiger charge is 2.23. The number of rotatable bonds is 8. The van der Waals surface area contributed by atoms with Crippen molar-refractivity contribution in [2.75, 3.05) is 14.2 Å². The van der Waals surface area contributed by atoms with Gasteiger partial charge >= 0.3 is 19.6 Å². The summed E-state index contributed by atoms with van der Waals surface area (Å²) in [6.07, 6.45) is 0. The summed E-state index contributed by atoms with van der Waals surface area (Å²) in [7, 11) is 2.94. The Hall–Kier alpha value is -4.16. The van der Waals surface area contributed by atoms with Crippen LogP contribution in [0.25, 0.3) is 0 Å². The Balaban J connectivity index is 2.14. The molecular formula is C16H12BN2O10. The number of hydrogen-bond acceptors (Lipinski definition) is 10. The van der Waals surface area contributed by atoms with Crippen LogP contribution in [0.5, 0.6) is 11.5 Å². The molecule has 0 saturated carbocycles. The zero-order valence-electron chi connectivity index (χ0n) is 15.0. The molecule has 0 aliphatic carbocycles. The second-order valence-corrected chi connectivity index (χ2v) is 5.19. The lowest BCUT2D eigenvalue weighted by molar-refractivity contribution is -0.385. The lowest BCUT2D eigenvalue weighted by Gasteiger charge is -2.08. The predicted molar refractivity (Wildman–Crippen MR) is 95.9 cm³/mol. The number of carbonyl (C=O) groups excluding carboxylic acids is 2. The van der Waals surface area contributed by atoms with Crippen LogP contribution < -0.4 is 9.31 Å². The second kappa shape index (κ2) is 9.17. The molecule has 0 unspecified atom stereocenters. The first-order chi connectivity index (χ1) is 13.8.